The molecule has 0 aromatic carbocycles. The van der Waals surface area contributed by atoms with Gasteiger partial charge in [0.15, 0.2) is 0 Å². The first-order valence-electron chi connectivity index (χ1n) is 5.80. The zero-order valence-corrected chi connectivity index (χ0v) is 12.6. The molecule has 0 aliphatic rings. The Morgan fingerprint density at radius 2 is 2.05 bits per heavy atom. The van der Waals surface area contributed by atoms with Crippen LogP contribution in [0.25, 0.3) is 0 Å². The molecule has 1 N–H and O–H groups in total. The summed E-state index contributed by atoms with van der Waals surface area (Å²) in [4.78, 5) is 32.7. The zero-order valence-electron chi connectivity index (χ0n) is 11.0. The maximum absolute atomic E-state index is 11.6. The van der Waals surface area contributed by atoms with Gasteiger partial charge in [-0.2, -0.15) is 0 Å². The van der Waals surface area contributed by atoms with Crippen molar-refractivity contribution in [1.29, 1.82) is 0 Å². The summed E-state index contributed by atoms with van der Waals surface area (Å²) in [6.45, 7) is 3.47. The molecular formula is C12H18BrNO5. The van der Waals surface area contributed by atoms with Crippen LogP contribution < -0.4 is 5.32 Å². The van der Waals surface area contributed by atoms with E-state index in [1.165, 1.54) is 6.92 Å². The van der Waals surface area contributed by atoms with Crippen molar-refractivity contribution in [3.63, 3.8) is 0 Å². The second-order valence-corrected chi connectivity index (χ2v) is 4.12. The van der Waals surface area contributed by atoms with Crippen LogP contribution >= 0.6 is 15.9 Å². The van der Waals surface area contributed by atoms with Crippen molar-refractivity contribution in [3.05, 3.63) is 11.6 Å². The number of carbonyl (C=O) groups excluding carboxylic acids is 3. The molecule has 0 rings (SSSR count). The summed E-state index contributed by atoms with van der Waals surface area (Å²) in [5.41, 5.74) is 0.827. The number of esters is 2. The SMILES string of the molecule is CCOC(=O)C(C=C(CBr)CCOC(C)=O)NC=O. The Bertz CT molecular complexity index is 343. The Hall–Kier alpha value is -1.37. The molecule has 0 aromatic heterocycles. The normalized spacial score (nSPS) is 12.5. The molecule has 0 radical (unpaired) electrons. The first-order valence-corrected chi connectivity index (χ1v) is 6.92. The number of ether oxygens (including phenoxy) is 2. The van der Waals surface area contributed by atoms with Crippen LogP contribution in [0.1, 0.15) is 20.3 Å². The van der Waals surface area contributed by atoms with E-state index >= 15 is 0 Å². The van der Waals surface area contributed by atoms with Crippen LogP contribution in [-0.4, -0.2) is 42.9 Å². The van der Waals surface area contributed by atoms with E-state index in [1.54, 1.807) is 13.0 Å². The van der Waals surface area contributed by atoms with Gasteiger partial charge in [0.05, 0.1) is 13.2 Å². The number of halogens is 1. The molecule has 0 saturated heterocycles. The fourth-order valence-electron chi connectivity index (χ4n) is 1.25. The molecule has 0 aromatic rings. The van der Waals surface area contributed by atoms with Crippen LogP contribution in [0.5, 0.6) is 0 Å². The second-order valence-electron chi connectivity index (χ2n) is 3.56. The summed E-state index contributed by atoms with van der Waals surface area (Å²) in [7, 11) is 0. The Balaban J connectivity index is 4.60. The lowest BCUT2D eigenvalue weighted by atomic mass is 10.1. The molecule has 0 saturated carbocycles. The Morgan fingerprint density at radius 1 is 1.37 bits per heavy atom. The standard InChI is InChI=1S/C12H18BrNO5/c1-3-18-12(17)11(14-8-15)6-10(7-13)4-5-19-9(2)16/h6,8,11H,3-5,7H2,1-2H3,(H,14,15). The molecule has 7 heteroatoms. The predicted molar refractivity (Wildman–Crippen MR) is 72.7 cm³/mol. The maximum Gasteiger partial charge on any atom is 0.332 e. The molecule has 19 heavy (non-hydrogen) atoms. The summed E-state index contributed by atoms with van der Waals surface area (Å²) in [6.07, 6.45) is 2.50. The summed E-state index contributed by atoms with van der Waals surface area (Å²) >= 11 is 3.27. The molecule has 1 unspecified atom stereocenters. The van der Waals surface area contributed by atoms with Gasteiger partial charge < -0.3 is 14.8 Å². The molecule has 6 nitrogen and oxygen atoms in total. The smallest absolute Gasteiger partial charge is 0.332 e. The molecule has 0 spiro atoms. The number of carbonyl (C=O) groups is 3. The van der Waals surface area contributed by atoms with Gasteiger partial charge in [0.2, 0.25) is 6.41 Å². The van der Waals surface area contributed by atoms with Gasteiger partial charge in [0, 0.05) is 18.7 Å². The average Bonchev–Trinajstić information content (AvgIpc) is 2.36. The Morgan fingerprint density at radius 3 is 2.53 bits per heavy atom. The van der Waals surface area contributed by atoms with E-state index in [2.05, 4.69) is 21.2 Å². The second kappa shape index (κ2) is 10.5. The fraction of sp³-hybridized carbons (Fsp3) is 0.583. The Labute approximate surface area is 120 Å². The van der Waals surface area contributed by atoms with E-state index in [4.69, 9.17) is 9.47 Å². The van der Waals surface area contributed by atoms with Gasteiger partial charge in [-0.15, -0.1) is 0 Å². The van der Waals surface area contributed by atoms with E-state index in [1.807, 2.05) is 0 Å². The molecule has 0 heterocycles. The first-order chi connectivity index (χ1) is 9.04. The number of amides is 1. The van der Waals surface area contributed by atoms with E-state index < -0.39 is 12.0 Å². The highest BCUT2D eigenvalue weighted by Crippen LogP contribution is 2.08. The summed E-state index contributed by atoms with van der Waals surface area (Å²) in [5.74, 6) is -0.887. The van der Waals surface area contributed by atoms with Gasteiger partial charge >= 0.3 is 11.9 Å². The van der Waals surface area contributed by atoms with Crippen molar-refractivity contribution in [2.24, 2.45) is 0 Å². The van der Waals surface area contributed by atoms with E-state index in [9.17, 15) is 14.4 Å². The van der Waals surface area contributed by atoms with Crippen LogP contribution in [0, 0.1) is 0 Å². The first kappa shape index (κ1) is 17.6. The van der Waals surface area contributed by atoms with Gasteiger partial charge in [-0.3, -0.25) is 9.59 Å². The van der Waals surface area contributed by atoms with Crippen LogP contribution in [0.3, 0.4) is 0 Å². The van der Waals surface area contributed by atoms with Crippen molar-refractivity contribution in [3.8, 4) is 0 Å². The van der Waals surface area contributed by atoms with Crippen molar-refractivity contribution in [2.45, 2.75) is 26.3 Å². The van der Waals surface area contributed by atoms with Crippen molar-refractivity contribution in [2.75, 3.05) is 18.5 Å². The minimum atomic E-state index is -0.831. The van der Waals surface area contributed by atoms with E-state index in [0.717, 1.165) is 5.57 Å². The fourth-order valence-corrected chi connectivity index (χ4v) is 1.71. The third kappa shape index (κ3) is 8.36. The van der Waals surface area contributed by atoms with Gasteiger partial charge in [-0.1, -0.05) is 27.6 Å². The van der Waals surface area contributed by atoms with Crippen molar-refractivity contribution < 1.29 is 23.9 Å². The predicted octanol–water partition coefficient (Wildman–Crippen LogP) is 0.939. The quantitative estimate of drug-likeness (QED) is 0.293. The number of rotatable bonds is 9. The highest BCUT2D eigenvalue weighted by Gasteiger charge is 2.16. The third-order valence-electron chi connectivity index (χ3n) is 2.09. The molecule has 108 valence electrons. The van der Waals surface area contributed by atoms with E-state index in [0.29, 0.717) is 18.2 Å². The van der Waals surface area contributed by atoms with E-state index in [-0.39, 0.29) is 19.2 Å². The average molecular weight is 336 g/mol. The van der Waals surface area contributed by atoms with Crippen LogP contribution in [0.4, 0.5) is 0 Å². The molecule has 0 aliphatic heterocycles. The van der Waals surface area contributed by atoms with Gasteiger partial charge in [-0.25, -0.2) is 4.79 Å². The molecule has 1 amide bonds. The largest absolute Gasteiger partial charge is 0.466 e. The van der Waals surface area contributed by atoms with Gasteiger partial charge in [-0.05, 0) is 6.92 Å². The van der Waals surface area contributed by atoms with Crippen LogP contribution in [0.2, 0.25) is 0 Å². The Kier molecular flexibility index (Phi) is 9.78. The lowest BCUT2D eigenvalue weighted by Gasteiger charge is -2.13. The highest BCUT2D eigenvalue weighted by molar-refractivity contribution is 9.09. The molecule has 1 atom stereocenters. The van der Waals surface area contributed by atoms with Crippen molar-refractivity contribution >= 4 is 34.3 Å². The van der Waals surface area contributed by atoms with Gasteiger partial charge in [0.25, 0.3) is 0 Å². The number of hydrogen-bond acceptors (Lipinski definition) is 5. The minimum Gasteiger partial charge on any atom is -0.466 e. The van der Waals surface area contributed by atoms with Gasteiger partial charge in [0.1, 0.15) is 6.04 Å². The van der Waals surface area contributed by atoms with Crippen LogP contribution in [-0.2, 0) is 23.9 Å². The van der Waals surface area contributed by atoms with Crippen LogP contribution in [0.15, 0.2) is 11.6 Å². The zero-order chi connectivity index (χ0) is 14.7. The highest BCUT2D eigenvalue weighted by atomic mass is 79.9. The van der Waals surface area contributed by atoms with Crippen molar-refractivity contribution in [1.82, 2.24) is 5.32 Å². The monoisotopic (exact) mass is 335 g/mol. The maximum atomic E-state index is 11.6. The number of alkyl halides is 1. The minimum absolute atomic E-state index is 0.226. The molecular weight excluding hydrogens is 318 g/mol. The third-order valence-corrected chi connectivity index (χ3v) is 2.81. The number of nitrogens with one attached hydrogen (secondary N) is 1. The molecule has 0 aliphatic carbocycles. The number of hydrogen-bond donors (Lipinski definition) is 1. The summed E-state index contributed by atoms with van der Waals surface area (Å²) in [5, 5.41) is 2.88. The summed E-state index contributed by atoms with van der Waals surface area (Å²) < 4.78 is 9.66. The lowest BCUT2D eigenvalue weighted by Crippen LogP contribution is -2.36. The lowest BCUT2D eigenvalue weighted by molar-refractivity contribution is -0.145. The molecule has 0 fully saturated rings. The molecule has 0 bridgehead atoms. The topological polar surface area (TPSA) is 81.7 Å². The summed E-state index contributed by atoms with van der Waals surface area (Å²) in [6, 6.07) is -0.831.